The number of aromatic hydroxyl groups is 1. The van der Waals surface area contributed by atoms with Gasteiger partial charge in [-0.15, -0.1) is 0 Å². The second-order valence-electron chi connectivity index (χ2n) is 3.74. The van der Waals surface area contributed by atoms with Gasteiger partial charge >= 0.3 is 0 Å². The normalized spacial score (nSPS) is 20.1. The molecule has 5 heteroatoms. The zero-order chi connectivity index (χ0) is 11.7. The summed E-state index contributed by atoms with van der Waals surface area (Å²) < 4.78 is 0. The molecular weight excluding hydrogens is 210 g/mol. The van der Waals surface area contributed by atoms with Crippen molar-refractivity contribution in [3.63, 3.8) is 0 Å². The van der Waals surface area contributed by atoms with E-state index in [0.29, 0.717) is 5.69 Å². The number of carbonyl (C=O) groups is 2. The fourth-order valence-corrected chi connectivity index (χ4v) is 1.78. The number of amides is 1. The molecule has 2 rings (SSSR count). The van der Waals surface area contributed by atoms with Crippen molar-refractivity contribution < 1.29 is 19.8 Å². The van der Waals surface area contributed by atoms with E-state index in [4.69, 9.17) is 0 Å². The van der Waals surface area contributed by atoms with Gasteiger partial charge in [0.05, 0.1) is 0 Å². The minimum atomic E-state index is -1.21. The van der Waals surface area contributed by atoms with Gasteiger partial charge in [0.1, 0.15) is 5.75 Å². The highest BCUT2D eigenvalue weighted by Crippen LogP contribution is 2.27. The van der Waals surface area contributed by atoms with E-state index < -0.39 is 11.9 Å². The van der Waals surface area contributed by atoms with E-state index in [0.717, 1.165) is 0 Å². The van der Waals surface area contributed by atoms with E-state index >= 15 is 0 Å². The smallest absolute Gasteiger partial charge is 0.227 e. The standard InChI is InChI=1S/C11H11NO4/c13-9-3-1-2-8(5-9)12-6-7(11(15)16)4-10(12)14/h1-3,5,7,13H,4,6H2,(H,15,16)/p-1. The van der Waals surface area contributed by atoms with Crippen LogP contribution in [0.5, 0.6) is 5.75 Å². The molecule has 0 bridgehead atoms. The third-order valence-corrected chi connectivity index (χ3v) is 2.60. The zero-order valence-corrected chi connectivity index (χ0v) is 8.42. The Kier molecular flexibility index (Phi) is 2.52. The Balaban J connectivity index is 2.23. The van der Waals surface area contributed by atoms with E-state index in [1.54, 1.807) is 12.1 Å². The molecule has 1 aromatic carbocycles. The first kappa shape index (κ1) is 10.5. The summed E-state index contributed by atoms with van der Waals surface area (Å²) >= 11 is 0. The van der Waals surface area contributed by atoms with Crippen molar-refractivity contribution >= 4 is 17.6 Å². The van der Waals surface area contributed by atoms with Crippen LogP contribution in [0, 0.1) is 5.92 Å². The molecule has 0 aromatic heterocycles. The summed E-state index contributed by atoms with van der Waals surface area (Å²) in [4.78, 5) is 23.6. The molecule has 1 amide bonds. The quantitative estimate of drug-likeness (QED) is 0.728. The third-order valence-electron chi connectivity index (χ3n) is 2.60. The first-order valence-corrected chi connectivity index (χ1v) is 4.88. The fraction of sp³-hybridized carbons (Fsp3) is 0.273. The molecule has 0 aliphatic carbocycles. The molecule has 16 heavy (non-hydrogen) atoms. The topological polar surface area (TPSA) is 80.7 Å². The van der Waals surface area contributed by atoms with Crippen LogP contribution in [0.2, 0.25) is 0 Å². The highest BCUT2D eigenvalue weighted by molar-refractivity contribution is 5.99. The van der Waals surface area contributed by atoms with Gasteiger partial charge in [0.15, 0.2) is 0 Å². The first-order chi connectivity index (χ1) is 7.58. The van der Waals surface area contributed by atoms with Crippen LogP contribution in [0.3, 0.4) is 0 Å². The number of rotatable bonds is 2. The minimum absolute atomic E-state index is 0.0437. The summed E-state index contributed by atoms with van der Waals surface area (Å²) in [6.07, 6.45) is -0.0437. The van der Waals surface area contributed by atoms with Crippen LogP contribution in [0.4, 0.5) is 5.69 Å². The summed E-state index contributed by atoms with van der Waals surface area (Å²) in [7, 11) is 0. The molecule has 0 spiro atoms. The lowest BCUT2D eigenvalue weighted by atomic mass is 10.1. The number of carboxylic acids is 1. The molecule has 84 valence electrons. The molecule has 0 radical (unpaired) electrons. The van der Waals surface area contributed by atoms with Crippen LogP contribution >= 0.6 is 0 Å². The predicted octanol–water partition coefficient (Wildman–Crippen LogP) is -0.505. The molecule has 5 nitrogen and oxygen atoms in total. The van der Waals surface area contributed by atoms with Crippen molar-refractivity contribution in [1.29, 1.82) is 0 Å². The maximum Gasteiger partial charge on any atom is 0.227 e. The molecule has 1 aliphatic heterocycles. The Morgan fingerprint density at radius 1 is 1.50 bits per heavy atom. The number of hydrogen-bond acceptors (Lipinski definition) is 4. The summed E-state index contributed by atoms with van der Waals surface area (Å²) in [5, 5.41) is 19.9. The highest BCUT2D eigenvalue weighted by Gasteiger charge is 2.31. The molecular formula is C11H10NO4-. The minimum Gasteiger partial charge on any atom is -0.550 e. The average molecular weight is 220 g/mol. The van der Waals surface area contributed by atoms with Crippen LogP contribution in [-0.4, -0.2) is 23.5 Å². The van der Waals surface area contributed by atoms with Gasteiger partial charge in [0.25, 0.3) is 0 Å². The predicted molar refractivity (Wildman–Crippen MR) is 53.6 cm³/mol. The highest BCUT2D eigenvalue weighted by atomic mass is 16.4. The third kappa shape index (κ3) is 1.84. The van der Waals surface area contributed by atoms with Gasteiger partial charge in [-0.3, -0.25) is 4.79 Å². The molecule has 1 heterocycles. The van der Waals surface area contributed by atoms with Crippen molar-refractivity contribution in [3.05, 3.63) is 24.3 Å². The molecule has 1 unspecified atom stereocenters. The number of phenolic OH excluding ortho intramolecular Hbond substituents is 1. The van der Waals surface area contributed by atoms with Crippen LogP contribution < -0.4 is 10.0 Å². The molecule has 1 fully saturated rings. The Labute approximate surface area is 91.9 Å². The van der Waals surface area contributed by atoms with Crippen molar-refractivity contribution in [3.8, 4) is 5.75 Å². The number of nitrogens with zero attached hydrogens (tertiary/aromatic N) is 1. The lowest BCUT2D eigenvalue weighted by Crippen LogP contribution is -2.33. The van der Waals surface area contributed by atoms with Crippen LogP contribution in [0.15, 0.2) is 24.3 Å². The van der Waals surface area contributed by atoms with Crippen molar-refractivity contribution in [1.82, 2.24) is 0 Å². The Hall–Kier alpha value is -2.04. The number of benzene rings is 1. The Bertz CT molecular complexity index is 443. The van der Waals surface area contributed by atoms with Crippen molar-refractivity contribution in [2.45, 2.75) is 6.42 Å². The van der Waals surface area contributed by atoms with E-state index in [9.17, 15) is 19.8 Å². The largest absolute Gasteiger partial charge is 0.550 e. The van der Waals surface area contributed by atoms with E-state index in [2.05, 4.69) is 0 Å². The number of anilines is 1. The maximum absolute atomic E-state index is 11.6. The lowest BCUT2D eigenvalue weighted by molar-refractivity contribution is -0.310. The molecule has 1 saturated heterocycles. The van der Waals surface area contributed by atoms with Gasteiger partial charge in [-0.2, -0.15) is 0 Å². The molecule has 1 aromatic rings. The molecule has 1 atom stereocenters. The van der Waals surface area contributed by atoms with Gasteiger partial charge in [-0.1, -0.05) is 6.07 Å². The number of hydrogen-bond donors (Lipinski definition) is 1. The van der Waals surface area contributed by atoms with Gasteiger partial charge in [-0.05, 0) is 12.1 Å². The number of phenols is 1. The summed E-state index contributed by atoms with van der Waals surface area (Å²) in [5.74, 6) is -2.20. The summed E-state index contributed by atoms with van der Waals surface area (Å²) in [6, 6.07) is 6.16. The zero-order valence-electron chi connectivity index (χ0n) is 8.42. The Morgan fingerprint density at radius 2 is 2.25 bits per heavy atom. The molecule has 1 N–H and O–H groups in total. The second kappa shape index (κ2) is 3.84. The van der Waals surface area contributed by atoms with Crippen LogP contribution in [0.25, 0.3) is 0 Å². The van der Waals surface area contributed by atoms with E-state index in [1.165, 1.54) is 17.0 Å². The first-order valence-electron chi connectivity index (χ1n) is 4.88. The van der Waals surface area contributed by atoms with Gasteiger partial charge < -0.3 is 19.9 Å². The lowest BCUT2D eigenvalue weighted by Gasteiger charge is -2.17. The second-order valence-corrected chi connectivity index (χ2v) is 3.74. The number of carbonyl (C=O) groups excluding carboxylic acids is 2. The maximum atomic E-state index is 11.6. The average Bonchev–Trinajstić information content (AvgIpc) is 2.60. The summed E-state index contributed by atoms with van der Waals surface area (Å²) in [6.45, 7) is 0.102. The van der Waals surface area contributed by atoms with Gasteiger partial charge in [-0.25, -0.2) is 0 Å². The number of carboxylic acid groups (broad SMARTS) is 1. The fourth-order valence-electron chi connectivity index (χ4n) is 1.78. The molecule has 0 saturated carbocycles. The Morgan fingerprint density at radius 3 is 2.81 bits per heavy atom. The van der Waals surface area contributed by atoms with Crippen LogP contribution in [-0.2, 0) is 9.59 Å². The van der Waals surface area contributed by atoms with Crippen molar-refractivity contribution in [2.24, 2.45) is 5.92 Å². The van der Waals surface area contributed by atoms with Crippen molar-refractivity contribution in [2.75, 3.05) is 11.4 Å². The number of aliphatic carboxylic acids is 1. The van der Waals surface area contributed by atoms with E-state index in [-0.39, 0.29) is 24.6 Å². The summed E-state index contributed by atoms with van der Waals surface area (Å²) in [5.41, 5.74) is 0.508. The van der Waals surface area contributed by atoms with Crippen LogP contribution in [0.1, 0.15) is 6.42 Å². The van der Waals surface area contributed by atoms with Gasteiger partial charge in [0, 0.05) is 36.6 Å². The SMILES string of the molecule is O=C([O-])C1CC(=O)N(c2cccc(O)c2)C1. The van der Waals surface area contributed by atoms with Gasteiger partial charge in [0.2, 0.25) is 5.91 Å². The molecule has 1 aliphatic rings. The monoisotopic (exact) mass is 220 g/mol. The van der Waals surface area contributed by atoms with E-state index in [1.807, 2.05) is 0 Å².